The summed E-state index contributed by atoms with van der Waals surface area (Å²) >= 11 is 6.36. The van der Waals surface area contributed by atoms with Gasteiger partial charge < -0.3 is 9.84 Å². The Kier molecular flexibility index (Phi) is 8.02. The van der Waals surface area contributed by atoms with Crippen LogP contribution in [0, 0.1) is 12.8 Å². The number of hydrogen-bond donors (Lipinski definition) is 2. The highest BCUT2D eigenvalue weighted by atomic mass is 35.5. The van der Waals surface area contributed by atoms with Gasteiger partial charge in [-0.05, 0) is 81.6 Å². The average molecular weight is 536 g/mol. The number of rotatable bonds is 8. The van der Waals surface area contributed by atoms with Gasteiger partial charge in [-0.1, -0.05) is 11.6 Å². The van der Waals surface area contributed by atoms with E-state index in [0.717, 1.165) is 54.7 Å². The first-order valence-electron chi connectivity index (χ1n) is 12.8. The van der Waals surface area contributed by atoms with Crippen LogP contribution in [0.1, 0.15) is 53.9 Å². The summed E-state index contributed by atoms with van der Waals surface area (Å²) in [6, 6.07) is 9.14. The number of piperidine rings is 1. The van der Waals surface area contributed by atoms with Gasteiger partial charge in [-0.3, -0.25) is 20.0 Å². The molecule has 3 aromatic heterocycles. The second-order valence-electron chi connectivity index (χ2n) is 9.86. The van der Waals surface area contributed by atoms with Gasteiger partial charge in [0.1, 0.15) is 17.7 Å². The maximum atomic E-state index is 15.2. The Labute approximate surface area is 226 Å². The number of aliphatic hydroxyl groups excluding tert-OH is 1. The first-order chi connectivity index (χ1) is 18.4. The Morgan fingerprint density at radius 3 is 2.76 bits per heavy atom. The third kappa shape index (κ3) is 5.88. The van der Waals surface area contributed by atoms with E-state index >= 15 is 4.39 Å². The minimum Gasteiger partial charge on any atom is -0.486 e. The van der Waals surface area contributed by atoms with Crippen molar-refractivity contribution < 1.29 is 14.2 Å². The van der Waals surface area contributed by atoms with E-state index < -0.39 is 5.83 Å². The summed E-state index contributed by atoms with van der Waals surface area (Å²) in [7, 11) is 0. The fraction of sp³-hybridized carbons (Fsp3) is 0.345. The van der Waals surface area contributed by atoms with Crippen LogP contribution in [0.3, 0.4) is 0 Å². The number of hydrogen-bond acceptors (Lipinski definition) is 6. The van der Waals surface area contributed by atoms with Gasteiger partial charge >= 0.3 is 0 Å². The lowest BCUT2D eigenvalue weighted by molar-refractivity contribution is 0.126. The molecule has 7 nitrogen and oxygen atoms in total. The number of aromatic nitrogens is 4. The zero-order valence-corrected chi connectivity index (χ0v) is 22.2. The number of nitrogens with one attached hydrogen (secondary N) is 1. The van der Waals surface area contributed by atoms with Crippen molar-refractivity contribution in [3.8, 4) is 5.75 Å². The molecule has 4 aromatic rings. The van der Waals surface area contributed by atoms with E-state index in [-0.39, 0.29) is 12.7 Å². The van der Waals surface area contributed by atoms with Gasteiger partial charge in [-0.2, -0.15) is 5.10 Å². The number of aliphatic hydroxyl groups is 1. The number of likely N-dealkylation sites (tertiary alicyclic amines) is 1. The fourth-order valence-electron chi connectivity index (χ4n) is 4.94. The van der Waals surface area contributed by atoms with Crippen LogP contribution in [0.15, 0.2) is 48.9 Å². The van der Waals surface area contributed by atoms with Gasteiger partial charge in [0, 0.05) is 54.3 Å². The van der Waals surface area contributed by atoms with E-state index in [1.807, 2.05) is 38.1 Å². The van der Waals surface area contributed by atoms with Crippen LogP contribution in [-0.4, -0.2) is 49.9 Å². The van der Waals surface area contributed by atoms with E-state index in [1.54, 1.807) is 24.7 Å². The molecule has 198 valence electrons. The highest BCUT2D eigenvalue weighted by Crippen LogP contribution is 2.32. The lowest BCUT2D eigenvalue weighted by atomic mass is 9.98. The molecule has 1 aliphatic heterocycles. The number of ether oxygens (including phenoxy) is 1. The van der Waals surface area contributed by atoms with Crippen molar-refractivity contribution in [2.75, 3.05) is 19.7 Å². The van der Waals surface area contributed by atoms with Crippen LogP contribution in [0.2, 0.25) is 5.02 Å². The summed E-state index contributed by atoms with van der Waals surface area (Å²) in [6.45, 7) is 6.74. The van der Waals surface area contributed by atoms with Crippen LogP contribution in [0.25, 0.3) is 22.8 Å². The minimum atomic E-state index is -0.405. The molecule has 1 aromatic carbocycles. The summed E-state index contributed by atoms with van der Waals surface area (Å²) in [4.78, 5) is 10.9. The number of halogens is 2. The van der Waals surface area contributed by atoms with Crippen LogP contribution in [0.4, 0.5) is 4.39 Å². The second kappa shape index (κ2) is 11.6. The largest absolute Gasteiger partial charge is 0.486 e. The third-order valence-corrected chi connectivity index (χ3v) is 7.44. The molecule has 1 aliphatic rings. The Morgan fingerprint density at radius 1 is 1.24 bits per heavy atom. The van der Waals surface area contributed by atoms with Crippen molar-refractivity contribution in [1.82, 2.24) is 25.1 Å². The first kappa shape index (κ1) is 26.3. The number of nitrogens with zero attached hydrogens (tertiary/aromatic N) is 4. The number of H-pyrrole nitrogens is 1. The number of fused-ring (bicyclic) bond motifs is 1. The van der Waals surface area contributed by atoms with E-state index in [9.17, 15) is 5.11 Å². The second-order valence-corrected chi connectivity index (χ2v) is 10.3. The quantitative estimate of drug-likeness (QED) is 0.282. The summed E-state index contributed by atoms with van der Waals surface area (Å²) in [6.07, 6.45) is 8.06. The van der Waals surface area contributed by atoms with Crippen molar-refractivity contribution in [1.29, 1.82) is 0 Å². The molecule has 1 fully saturated rings. The smallest absolute Gasteiger partial charge is 0.134 e. The van der Waals surface area contributed by atoms with Crippen LogP contribution < -0.4 is 4.74 Å². The van der Waals surface area contributed by atoms with Gasteiger partial charge in [0.25, 0.3) is 0 Å². The molecule has 0 bridgehead atoms. The predicted octanol–water partition coefficient (Wildman–Crippen LogP) is 6.13. The monoisotopic (exact) mass is 535 g/mol. The molecule has 0 radical (unpaired) electrons. The Morgan fingerprint density at radius 2 is 2.05 bits per heavy atom. The van der Waals surface area contributed by atoms with Crippen molar-refractivity contribution in [3.05, 3.63) is 82.0 Å². The molecular formula is C29H31ClFN5O2. The van der Waals surface area contributed by atoms with Gasteiger partial charge in [0.2, 0.25) is 0 Å². The lowest BCUT2D eigenvalue weighted by Gasteiger charge is -2.30. The normalized spacial score (nSPS) is 16.2. The zero-order valence-electron chi connectivity index (χ0n) is 21.5. The average Bonchev–Trinajstić information content (AvgIpc) is 3.31. The van der Waals surface area contributed by atoms with Crippen molar-refractivity contribution >= 4 is 34.4 Å². The molecule has 4 heterocycles. The molecule has 1 saturated heterocycles. The summed E-state index contributed by atoms with van der Waals surface area (Å²) in [5, 5.41) is 17.8. The Hall–Kier alpha value is -3.33. The van der Waals surface area contributed by atoms with Crippen LogP contribution in [0.5, 0.6) is 5.75 Å². The fourth-order valence-corrected chi connectivity index (χ4v) is 5.30. The van der Waals surface area contributed by atoms with Crippen LogP contribution in [-0.2, 0) is 6.54 Å². The SMILES string of the molecule is Cc1cncc(Cl)c1[C@@H](C)Oc1ccc2n[nH]c(/C=C(\F)c3ccc(CN4CCC(CO)CC4)nc3)c2c1. The molecule has 5 rings (SSSR count). The third-order valence-electron chi connectivity index (χ3n) is 7.14. The highest BCUT2D eigenvalue weighted by molar-refractivity contribution is 6.31. The van der Waals surface area contributed by atoms with E-state index in [2.05, 4.69) is 25.1 Å². The van der Waals surface area contributed by atoms with Gasteiger partial charge in [0.15, 0.2) is 0 Å². The molecule has 2 N–H and O–H groups in total. The van der Waals surface area contributed by atoms with E-state index in [0.29, 0.717) is 33.5 Å². The van der Waals surface area contributed by atoms with Gasteiger partial charge in [-0.25, -0.2) is 4.39 Å². The topological polar surface area (TPSA) is 87.2 Å². The molecule has 1 atom stereocenters. The molecule has 9 heteroatoms. The molecule has 0 unspecified atom stereocenters. The van der Waals surface area contributed by atoms with Crippen molar-refractivity contribution in [2.24, 2.45) is 5.92 Å². The predicted molar refractivity (Wildman–Crippen MR) is 147 cm³/mol. The van der Waals surface area contributed by atoms with Crippen molar-refractivity contribution in [2.45, 2.75) is 39.3 Å². The molecule has 0 aliphatic carbocycles. The molecule has 0 amide bonds. The summed E-state index contributed by atoms with van der Waals surface area (Å²) in [5.74, 6) is 0.620. The number of benzene rings is 1. The van der Waals surface area contributed by atoms with E-state index in [4.69, 9.17) is 16.3 Å². The Balaban J connectivity index is 1.30. The van der Waals surface area contributed by atoms with Gasteiger partial charge in [0.05, 0.1) is 21.9 Å². The molecule has 0 spiro atoms. The first-order valence-corrected chi connectivity index (χ1v) is 13.2. The standard InChI is InChI=1S/C29H31ClFN5O2/c1-18-13-32-15-25(30)29(18)19(2)38-23-5-6-27-24(11-23)28(35-34-27)12-26(31)21-3-4-22(33-14-21)16-36-9-7-20(17-37)8-10-36/h3-6,11-15,19-20,37H,7-10,16-17H2,1-2H3,(H,34,35)/b26-12-/t19-/m1/s1. The van der Waals surface area contributed by atoms with Gasteiger partial charge in [-0.15, -0.1) is 0 Å². The number of aryl methyl sites for hydroxylation is 1. The van der Waals surface area contributed by atoms with Crippen molar-refractivity contribution in [3.63, 3.8) is 0 Å². The number of pyridine rings is 2. The maximum absolute atomic E-state index is 15.2. The molecule has 0 saturated carbocycles. The zero-order chi connectivity index (χ0) is 26.6. The lowest BCUT2D eigenvalue weighted by Crippen LogP contribution is -2.34. The highest BCUT2D eigenvalue weighted by Gasteiger charge is 2.19. The molecule has 38 heavy (non-hydrogen) atoms. The molecular weight excluding hydrogens is 505 g/mol. The minimum absolute atomic E-state index is 0.256. The van der Waals surface area contributed by atoms with Crippen LogP contribution >= 0.6 is 11.6 Å². The maximum Gasteiger partial charge on any atom is 0.134 e. The Bertz CT molecular complexity index is 1410. The number of aromatic amines is 1. The summed E-state index contributed by atoms with van der Waals surface area (Å²) < 4.78 is 21.4. The van der Waals surface area contributed by atoms with E-state index in [1.165, 1.54) is 6.08 Å². The summed E-state index contributed by atoms with van der Waals surface area (Å²) in [5.41, 5.74) is 4.39.